The van der Waals surface area contributed by atoms with Crippen molar-refractivity contribution in [1.29, 1.82) is 0 Å². The van der Waals surface area contributed by atoms with Crippen molar-refractivity contribution < 1.29 is 9.84 Å². The van der Waals surface area contributed by atoms with Gasteiger partial charge in [0.25, 0.3) is 0 Å². The van der Waals surface area contributed by atoms with Gasteiger partial charge >= 0.3 is 0 Å². The van der Waals surface area contributed by atoms with Gasteiger partial charge in [0.15, 0.2) is 0 Å². The first-order chi connectivity index (χ1) is 9.36. The first-order valence-electron chi connectivity index (χ1n) is 6.72. The van der Waals surface area contributed by atoms with E-state index in [9.17, 15) is 5.11 Å². The Hall–Kier alpha value is -1.39. The second kappa shape index (κ2) is 5.94. The Kier molecular flexibility index (Phi) is 4.45. The molecule has 1 atom stereocenters. The highest BCUT2D eigenvalue weighted by Gasteiger charge is 2.17. The first-order valence-corrected chi connectivity index (χ1v) is 7.60. The number of hydrogen-bond donors (Lipinski definition) is 1. The van der Waals surface area contributed by atoms with E-state index in [1.807, 2.05) is 24.3 Å². The van der Waals surface area contributed by atoms with Gasteiger partial charge in [0.2, 0.25) is 0 Å². The number of nitrogens with zero attached hydrogens (tertiary/aromatic N) is 1. The molecule has 0 bridgehead atoms. The van der Waals surface area contributed by atoms with Crippen LogP contribution in [0.5, 0.6) is 5.75 Å². The molecule has 2 rings (SSSR count). The molecule has 0 saturated carbocycles. The molecule has 0 fully saturated rings. The van der Waals surface area contributed by atoms with Gasteiger partial charge in [-0.1, -0.05) is 32.9 Å². The SMILES string of the molecule is C[C@@H](O)c1cccc(OCc2nc(C(C)(C)C)cs2)c1. The van der Waals surface area contributed by atoms with E-state index >= 15 is 0 Å². The fourth-order valence-electron chi connectivity index (χ4n) is 1.73. The number of rotatable bonds is 4. The summed E-state index contributed by atoms with van der Waals surface area (Å²) in [6.45, 7) is 8.66. The quantitative estimate of drug-likeness (QED) is 0.923. The summed E-state index contributed by atoms with van der Waals surface area (Å²) in [5.74, 6) is 0.760. The maximum atomic E-state index is 9.56. The van der Waals surface area contributed by atoms with Gasteiger partial charge in [0.05, 0.1) is 11.8 Å². The third kappa shape index (κ3) is 3.81. The minimum Gasteiger partial charge on any atom is -0.486 e. The summed E-state index contributed by atoms with van der Waals surface area (Å²) in [5, 5.41) is 12.6. The number of hydrogen-bond acceptors (Lipinski definition) is 4. The third-order valence-electron chi connectivity index (χ3n) is 3.02. The van der Waals surface area contributed by atoms with Gasteiger partial charge < -0.3 is 9.84 Å². The summed E-state index contributed by atoms with van der Waals surface area (Å²) in [6, 6.07) is 7.53. The van der Waals surface area contributed by atoms with Crippen molar-refractivity contribution in [3.8, 4) is 5.75 Å². The zero-order valence-corrected chi connectivity index (χ0v) is 13.2. The van der Waals surface area contributed by atoms with Gasteiger partial charge in [-0.05, 0) is 24.6 Å². The van der Waals surface area contributed by atoms with Crippen molar-refractivity contribution in [3.05, 3.63) is 45.9 Å². The van der Waals surface area contributed by atoms with Crippen molar-refractivity contribution in [1.82, 2.24) is 4.98 Å². The van der Waals surface area contributed by atoms with Crippen LogP contribution in [0.3, 0.4) is 0 Å². The fraction of sp³-hybridized carbons (Fsp3) is 0.438. The number of aromatic nitrogens is 1. The standard InChI is InChI=1S/C16H21NO2S/c1-11(18)12-6-5-7-13(8-12)19-9-15-17-14(10-20-15)16(2,3)4/h5-8,10-11,18H,9H2,1-4H3/t11-/m1/s1. The van der Waals surface area contributed by atoms with Gasteiger partial charge in [-0.2, -0.15) is 0 Å². The zero-order chi connectivity index (χ0) is 14.8. The number of ether oxygens (including phenoxy) is 1. The Labute approximate surface area is 124 Å². The van der Waals surface area contributed by atoms with Crippen molar-refractivity contribution in [2.75, 3.05) is 0 Å². The molecule has 1 aromatic heterocycles. The van der Waals surface area contributed by atoms with E-state index in [2.05, 4.69) is 31.1 Å². The Balaban J connectivity index is 2.02. The van der Waals surface area contributed by atoms with E-state index in [0.717, 1.165) is 22.0 Å². The molecule has 0 radical (unpaired) electrons. The molecule has 1 N–H and O–H groups in total. The van der Waals surface area contributed by atoms with Crippen LogP contribution >= 0.6 is 11.3 Å². The maximum absolute atomic E-state index is 9.56. The number of aliphatic hydroxyl groups excluding tert-OH is 1. The van der Waals surface area contributed by atoms with E-state index in [-0.39, 0.29) is 5.41 Å². The minimum atomic E-state index is -0.481. The Bertz CT molecular complexity index is 570. The van der Waals surface area contributed by atoms with Gasteiger partial charge in [0.1, 0.15) is 17.4 Å². The molecule has 2 aromatic rings. The first kappa shape index (κ1) is 15.0. The highest BCUT2D eigenvalue weighted by molar-refractivity contribution is 7.09. The molecule has 1 aromatic carbocycles. The van der Waals surface area contributed by atoms with Crippen LogP contribution in [0, 0.1) is 0 Å². The van der Waals surface area contributed by atoms with Crippen LogP contribution in [0.4, 0.5) is 0 Å². The second-order valence-corrected chi connectivity index (χ2v) is 6.86. The molecule has 0 aliphatic rings. The summed E-state index contributed by atoms with van der Waals surface area (Å²) < 4.78 is 5.75. The predicted molar refractivity (Wildman–Crippen MR) is 82.2 cm³/mol. The second-order valence-electron chi connectivity index (χ2n) is 5.91. The van der Waals surface area contributed by atoms with Crippen LogP contribution < -0.4 is 4.74 Å². The molecule has 0 amide bonds. The topological polar surface area (TPSA) is 42.4 Å². The third-order valence-corrected chi connectivity index (χ3v) is 3.85. The van der Waals surface area contributed by atoms with Crippen molar-refractivity contribution in [2.45, 2.75) is 45.8 Å². The van der Waals surface area contributed by atoms with Crippen LogP contribution in [-0.2, 0) is 12.0 Å². The molecule has 3 nitrogen and oxygen atoms in total. The molecule has 1 heterocycles. The molecule has 0 spiro atoms. The lowest BCUT2D eigenvalue weighted by molar-refractivity contribution is 0.198. The van der Waals surface area contributed by atoms with Crippen molar-refractivity contribution >= 4 is 11.3 Å². The Morgan fingerprint density at radius 1 is 1.35 bits per heavy atom. The predicted octanol–water partition coefficient (Wildman–Crippen LogP) is 4.07. The Morgan fingerprint density at radius 2 is 2.10 bits per heavy atom. The molecular formula is C16H21NO2S. The fourth-order valence-corrected chi connectivity index (χ4v) is 2.66. The van der Waals surface area contributed by atoms with Crippen LogP contribution in [0.2, 0.25) is 0 Å². The summed E-state index contributed by atoms with van der Waals surface area (Å²) in [4.78, 5) is 4.60. The van der Waals surface area contributed by atoms with Crippen LogP contribution in [0.25, 0.3) is 0 Å². The van der Waals surface area contributed by atoms with Gasteiger partial charge in [-0.15, -0.1) is 11.3 Å². The lowest BCUT2D eigenvalue weighted by Gasteiger charge is -2.14. The molecule has 108 valence electrons. The number of benzene rings is 1. The highest BCUT2D eigenvalue weighted by Crippen LogP contribution is 2.25. The normalized spacial score (nSPS) is 13.2. The van der Waals surface area contributed by atoms with Gasteiger partial charge in [0, 0.05) is 10.8 Å². The summed E-state index contributed by atoms with van der Waals surface area (Å²) >= 11 is 1.62. The zero-order valence-electron chi connectivity index (χ0n) is 12.4. The van der Waals surface area contributed by atoms with E-state index < -0.39 is 6.10 Å². The molecule has 20 heavy (non-hydrogen) atoms. The van der Waals surface area contributed by atoms with E-state index in [1.54, 1.807) is 18.3 Å². The van der Waals surface area contributed by atoms with Gasteiger partial charge in [-0.3, -0.25) is 0 Å². The van der Waals surface area contributed by atoms with E-state index in [4.69, 9.17) is 4.74 Å². The lowest BCUT2D eigenvalue weighted by atomic mass is 9.93. The van der Waals surface area contributed by atoms with Gasteiger partial charge in [-0.25, -0.2) is 4.98 Å². The molecule has 0 saturated heterocycles. The highest BCUT2D eigenvalue weighted by atomic mass is 32.1. The largest absolute Gasteiger partial charge is 0.486 e. The Morgan fingerprint density at radius 3 is 2.70 bits per heavy atom. The lowest BCUT2D eigenvalue weighted by Crippen LogP contribution is -2.11. The molecular weight excluding hydrogens is 270 g/mol. The smallest absolute Gasteiger partial charge is 0.140 e. The van der Waals surface area contributed by atoms with Crippen LogP contribution in [-0.4, -0.2) is 10.1 Å². The molecule has 4 heteroatoms. The van der Waals surface area contributed by atoms with E-state index in [1.165, 1.54) is 0 Å². The maximum Gasteiger partial charge on any atom is 0.140 e. The minimum absolute atomic E-state index is 0.0704. The molecule has 0 aliphatic heterocycles. The van der Waals surface area contributed by atoms with Crippen LogP contribution in [0.15, 0.2) is 29.6 Å². The molecule has 0 unspecified atom stereocenters. The monoisotopic (exact) mass is 291 g/mol. The summed E-state index contributed by atoms with van der Waals surface area (Å²) in [6.07, 6.45) is -0.481. The number of aliphatic hydroxyl groups is 1. The van der Waals surface area contributed by atoms with Crippen molar-refractivity contribution in [3.63, 3.8) is 0 Å². The van der Waals surface area contributed by atoms with E-state index in [0.29, 0.717) is 6.61 Å². The van der Waals surface area contributed by atoms with Crippen LogP contribution in [0.1, 0.15) is 50.1 Å². The number of thiazole rings is 1. The summed E-state index contributed by atoms with van der Waals surface area (Å²) in [7, 11) is 0. The summed E-state index contributed by atoms with van der Waals surface area (Å²) in [5.41, 5.74) is 2.02. The average molecular weight is 291 g/mol. The average Bonchev–Trinajstić information content (AvgIpc) is 2.85. The van der Waals surface area contributed by atoms with Crippen molar-refractivity contribution in [2.24, 2.45) is 0 Å². The molecule has 0 aliphatic carbocycles.